The highest BCUT2D eigenvalue weighted by molar-refractivity contribution is 5.96. The molecule has 128 valence electrons. The fraction of sp³-hybridized carbons (Fsp3) is 0.471. The van der Waals surface area contributed by atoms with Crippen molar-refractivity contribution in [2.24, 2.45) is 5.92 Å². The summed E-state index contributed by atoms with van der Waals surface area (Å²) in [5.41, 5.74) is -0.109. The highest BCUT2D eigenvalue weighted by atomic mass is 16.5. The Morgan fingerprint density at radius 1 is 1.38 bits per heavy atom. The maximum absolute atomic E-state index is 12.1. The highest BCUT2D eigenvalue weighted by Gasteiger charge is 2.42. The second-order valence-electron chi connectivity index (χ2n) is 5.89. The van der Waals surface area contributed by atoms with Gasteiger partial charge in [0.2, 0.25) is 5.91 Å². The first kappa shape index (κ1) is 17.6. The van der Waals surface area contributed by atoms with E-state index in [2.05, 4.69) is 16.7 Å². The Morgan fingerprint density at radius 3 is 2.62 bits per heavy atom. The molecule has 1 aromatic carbocycles. The lowest BCUT2D eigenvalue weighted by Crippen LogP contribution is -2.48. The predicted octanol–water partition coefficient (Wildman–Crippen LogP) is 1.70. The van der Waals surface area contributed by atoms with Gasteiger partial charge in [0.1, 0.15) is 11.3 Å². The molecule has 2 rings (SSSR count). The average Bonchev–Trinajstić information content (AvgIpc) is 3.44. The van der Waals surface area contributed by atoms with Crippen molar-refractivity contribution in [3.63, 3.8) is 0 Å². The molecule has 1 aliphatic rings. The Morgan fingerprint density at radius 2 is 2.08 bits per heavy atom. The van der Waals surface area contributed by atoms with Gasteiger partial charge in [-0.05, 0) is 43.9 Å². The molecule has 7 heteroatoms. The van der Waals surface area contributed by atoms with Crippen LogP contribution in [0, 0.1) is 17.2 Å². The van der Waals surface area contributed by atoms with E-state index in [0.29, 0.717) is 11.4 Å². The number of methoxy groups -OCH3 is 2. The van der Waals surface area contributed by atoms with Gasteiger partial charge < -0.3 is 20.1 Å². The maximum atomic E-state index is 12.1. The molecule has 0 saturated heterocycles. The molecule has 2 N–H and O–H groups in total. The molecule has 0 bridgehead atoms. The van der Waals surface area contributed by atoms with E-state index in [-0.39, 0.29) is 23.9 Å². The molecule has 0 aromatic heterocycles. The minimum Gasteiger partial charge on any atom is -0.497 e. The number of carbonyl (C=O) groups is 2. The number of hydrogen-bond donors (Lipinski definition) is 2. The normalized spacial score (nSPS) is 15.6. The molecule has 1 atom stereocenters. The standard InChI is InChI=1S/C17H21N3O4/c1-17(10-18,11-4-5-11)20-15(21)9-19-14-7-6-12(23-2)8-13(14)16(22)24-3/h6-8,11,19H,4-5,9H2,1-3H3,(H,20,21). The van der Waals surface area contributed by atoms with Crippen molar-refractivity contribution in [2.75, 3.05) is 26.1 Å². The van der Waals surface area contributed by atoms with E-state index in [4.69, 9.17) is 9.47 Å². The van der Waals surface area contributed by atoms with Crippen LogP contribution in [0.2, 0.25) is 0 Å². The number of rotatable bonds is 7. The summed E-state index contributed by atoms with van der Waals surface area (Å²) in [6.45, 7) is 1.68. The largest absolute Gasteiger partial charge is 0.497 e. The molecule has 1 aliphatic carbocycles. The van der Waals surface area contributed by atoms with Gasteiger partial charge in [0.15, 0.2) is 0 Å². The van der Waals surface area contributed by atoms with E-state index in [1.807, 2.05) is 0 Å². The van der Waals surface area contributed by atoms with Crippen molar-refractivity contribution < 1.29 is 19.1 Å². The summed E-state index contributed by atoms with van der Waals surface area (Å²) in [4.78, 5) is 24.0. The van der Waals surface area contributed by atoms with Gasteiger partial charge in [-0.15, -0.1) is 0 Å². The molecular formula is C17H21N3O4. The molecule has 1 amide bonds. The molecule has 0 spiro atoms. The number of carbonyl (C=O) groups excluding carboxylic acids is 2. The van der Waals surface area contributed by atoms with Crippen LogP contribution in [0.3, 0.4) is 0 Å². The van der Waals surface area contributed by atoms with Crippen LogP contribution in [-0.2, 0) is 9.53 Å². The Bertz CT molecular complexity index is 679. The van der Waals surface area contributed by atoms with Gasteiger partial charge >= 0.3 is 5.97 Å². The van der Waals surface area contributed by atoms with E-state index in [0.717, 1.165) is 12.8 Å². The minimum absolute atomic E-state index is 0.0552. The quantitative estimate of drug-likeness (QED) is 0.738. The number of ether oxygens (including phenoxy) is 2. The minimum atomic E-state index is -0.843. The molecule has 24 heavy (non-hydrogen) atoms. The number of nitrogens with zero attached hydrogens (tertiary/aromatic N) is 1. The van der Waals surface area contributed by atoms with Gasteiger partial charge in [-0.25, -0.2) is 4.79 Å². The third kappa shape index (κ3) is 3.96. The van der Waals surface area contributed by atoms with Crippen LogP contribution in [0.25, 0.3) is 0 Å². The van der Waals surface area contributed by atoms with Crippen molar-refractivity contribution in [2.45, 2.75) is 25.3 Å². The van der Waals surface area contributed by atoms with E-state index in [9.17, 15) is 14.9 Å². The average molecular weight is 331 g/mol. The van der Waals surface area contributed by atoms with E-state index in [1.165, 1.54) is 20.3 Å². The smallest absolute Gasteiger partial charge is 0.340 e. The summed E-state index contributed by atoms with van der Waals surface area (Å²) in [7, 11) is 2.78. The van der Waals surface area contributed by atoms with Crippen molar-refractivity contribution in [1.82, 2.24) is 5.32 Å². The zero-order valence-corrected chi connectivity index (χ0v) is 14.0. The molecule has 0 radical (unpaired) electrons. The second-order valence-corrected chi connectivity index (χ2v) is 5.89. The maximum Gasteiger partial charge on any atom is 0.340 e. The fourth-order valence-corrected chi connectivity index (χ4v) is 2.47. The molecule has 1 fully saturated rings. The van der Waals surface area contributed by atoms with Crippen LogP contribution in [0.15, 0.2) is 18.2 Å². The zero-order chi connectivity index (χ0) is 17.7. The third-order valence-corrected chi connectivity index (χ3v) is 4.10. The summed E-state index contributed by atoms with van der Waals surface area (Å²) in [6.07, 6.45) is 1.89. The van der Waals surface area contributed by atoms with Gasteiger partial charge in [0, 0.05) is 5.69 Å². The van der Waals surface area contributed by atoms with Crippen LogP contribution < -0.4 is 15.4 Å². The van der Waals surface area contributed by atoms with Gasteiger partial charge in [0.25, 0.3) is 0 Å². The van der Waals surface area contributed by atoms with Gasteiger partial charge in [-0.1, -0.05) is 0 Å². The highest BCUT2D eigenvalue weighted by Crippen LogP contribution is 2.39. The topological polar surface area (TPSA) is 100 Å². The summed E-state index contributed by atoms with van der Waals surface area (Å²) in [6, 6.07) is 7.03. The summed E-state index contributed by atoms with van der Waals surface area (Å²) in [5, 5.41) is 14.9. The van der Waals surface area contributed by atoms with Crippen molar-refractivity contribution in [3.05, 3.63) is 23.8 Å². The summed E-state index contributed by atoms with van der Waals surface area (Å²) < 4.78 is 9.84. The van der Waals surface area contributed by atoms with E-state index >= 15 is 0 Å². The summed E-state index contributed by atoms with van der Waals surface area (Å²) in [5.74, 6) is -0.122. The number of amides is 1. The Hall–Kier alpha value is -2.75. The van der Waals surface area contributed by atoms with Gasteiger partial charge in [-0.3, -0.25) is 4.79 Å². The first-order valence-electron chi connectivity index (χ1n) is 7.66. The number of anilines is 1. The SMILES string of the molecule is COC(=O)c1cc(OC)ccc1NCC(=O)NC(C)(C#N)C1CC1. The molecule has 1 aromatic rings. The third-order valence-electron chi connectivity index (χ3n) is 4.10. The number of nitrogens with one attached hydrogen (secondary N) is 2. The second kappa shape index (κ2) is 7.21. The molecule has 7 nitrogen and oxygen atoms in total. The van der Waals surface area contributed by atoms with Crippen LogP contribution >= 0.6 is 0 Å². The lowest BCUT2D eigenvalue weighted by atomic mass is 9.98. The Balaban J connectivity index is 2.04. The van der Waals surface area contributed by atoms with Crippen molar-refractivity contribution in [1.29, 1.82) is 5.26 Å². The number of hydrogen-bond acceptors (Lipinski definition) is 6. The first-order valence-corrected chi connectivity index (χ1v) is 7.66. The number of benzene rings is 1. The molecule has 1 saturated carbocycles. The van der Waals surface area contributed by atoms with Crippen LogP contribution in [0.1, 0.15) is 30.1 Å². The zero-order valence-electron chi connectivity index (χ0n) is 14.0. The number of esters is 1. The first-order chi connectivity index (χ1) is 11.4. The molecule has 1 unspecified atom stereocenters. The lowest BCUT2D eigenvalue weighted by molar-refractivity contribution is -0.120. The van der Waals surface area contributed by atoms with Crippen LogP contribution in [0.5, 0.6) is 5.75 Å². The number of nitriles is 1. The molecule has 0 aliphatic heterocycles. The Kier molecular flexibility index (Phi) is 5.29. The fourth-order valence-electron chi connectivity index (χ4n) is 2.47. The van der Waals surface area contributed by atoms with Gasteiger partial charge in [-0.2, -0.15) is 5.26 Å². The van der Waals surface area contributed by atoms with E-state index in [1.54, 1.807) is 19.1 Å². The summed E-state index contributed by atoms with van der Waals surface area (Å²) >= 11 is 0. The predicted molar refractivity (Wildman–Crippen MR) is 87.7 cm³/mol. The van der Waals surface area contributed by atoms with Gasteiger partial charge in [0.05, 0.1) is 32.4 Å². The lowest BCUT2D eigenvalue weighted by Gasteiger charge is -2.23. The van der Waals surface area contributed by atoms with Crippen LogP contribution in [0.4, 0.5) is 5.69 Å². The molecule has 0 heterocycles. The van der Waals surface area contributed by atoms with Crippen molar-refractivity contribution in [3.8, 4) is 11.8 Å². The van der Waals surface area contributed by atoms with E-state index < -0.39 is 11.5 Å². The van der Waals surface area contributed by atoms with Crippen molar-refractivity contribution >= 4 is 17.6 Å². The molecular weight excluding hydrogens is 310 g/mol. The monoisotopic (exact) mass is 331 g/mol. The van der Waals surface area contributed by atoms with Crippen LogP contribution in [-0.4, -0.2) is 38.2 Å². The Labute approximate surface area is 140 Å².